The van der Waals surface area contributed by atoms with E-state index in [1.165, 1.54) is 13.8 Å². The molecule has 0 bridgehead atoms. The number of imidazole rings is 2. The zero-order valence-corrected chi connectivity index (χ0v) is 38.2. The summed E-state index contributed by atoms with van der Waals surface area (Å²) in [6.07, 6.45) is 0. The Kier molecular flexibility index (Phi) is 15.2. The molecule has 0 radical (unpaired) electrons. The van der Waals surface area contributed by atoms with Crippen molar-refractivity contribution in [3.63, 3.8) is 0 Å². The second-order valence-corrected chi connectivity index (χ2v) is 17.5. The van der Waals surface area contributed by atoms with Crippen molar-refractivity contribution in [1.82, 2.24) is 19.9 Å². The summed E-state index contributed by atoms with van der Waals surface area (Å²) >= 11 is 0. The average Bonchev–Trinajstić information content (AvgIpc) is 3.68. The molecule has 9 heteroatoms. The van der Waals surface area contributed by atoms with Crippen molar-refractivity contribution < 1.29 is 29.7 Å². The van der Waals surface area contributed by atoms with Gasteiger partial charge in [-0.05, 0) is 80.3 Å². The number of rotatable bonds is 2. The minimum atomic E-state index is -0.209. The molecule has 4 aromatic carbocycles. The number of benzene rings is 4. The number of aromatic amines is 2. The third-order valence-electron chi connectivity index (χ3n) is 8.81. The van der Waals surface area contributed by atoms with Gasteiger partial charge in [-0.1, -0.05) is 131 Å². The summed E-state index contributed by atoms with van der Waals surface area (Å²) in [6.45, 7) is 28.4. The van der Waals surface area contributed by atoms with Gasteiger partial charge in [-0.3, -0.25) is 0 Å². The fourth-order valence-electron chi connectivity index (χ4n) is 5.75. The molecule has 6 rings (SSSR count). The third-order valence-corrected chi connectivity index (χ3v) is 8.81. The number of nitrogens with one attached hydrogen (secondary N) is 2. The van der Waals surface area contributed by atoms with Crippen molar-refractivity contribution in [2.45, 2.75) is 119 Å². The van der Waals surface area contributed by atoms with Gasteiger partial charge in [0.2, 0.25) is 0 Å². The predicted molar refractivity (Wildman–Crippen MR) is 219 cm³/mol. The summed E-state index contributed by atoms with van der Waals surface area (Å²) in [5.41, 5.74) is 8.47. The van der Waals surface area contributed by atoms with Crippen molar-refractivity contribution in [3.8, 4) is 46.4 Å². The zero-order valence-electron chi connectivity index (χ0n) is 35.2. The van der Waals surface area contributed by atoms with E-state index in [-0.39, 0.29) is 52.6 Å². The molecule has 0 spiro atoms. The summed E-state index contributed by atoms with van der Waals surface area (Å²) < 4.78 is 0. The Hall–Kier alpha value is -4.98. The van der Waals surface area contributed by atoms with Gasteiger partial charge in [0.1, 0.15) is 11.6 Å². The van der Waals surface area contributed by atoms with E-state index in [0.29, 0.717) is 22.8 Å². The fourth-order valence-corrected chi connectivity index (χ4v) is 5.75. The predicted octanol–water partition coefficient (Wildman–Crippen LogP) is 10.9. The van der Waals surface area contributed by atoms with Gasteiger partial charge in [0.15, 0.2) is 0 Å². The molecule has 0 aliphatic heterocycles. The first-order valence-corrected chi connectivity index (χ1v) is 18.2. The van der Waals surface area contributed by atoms with Crippen molar-refractivity contribution in [2.75, 3.05) is 0 Å². The summed E-state index contributed by atoms with van der Waals surface area (Å²) in [6, 6.07) is 27.3. The van der Waals surface area contributed by atoms with Gasteiger partial charge in [-0.25, -0.2) is 9.97 Å². The number of nitrogens with zero attached hydrogens (tertiary/aromatic N) is 4. The number of hydrogen-bond acceptors (Lipinski definition) is 6. The third kappa shape index (κ3) is 11.5. The van der Waals surface area contributed by atoms with Crippen LogP contribution in [0.2, 0.25) is 0 Å². The van der Waals surface area contributed by atoms with Crippen LogP contribution in [-0.4, -0.2) is 19.9 Å². The van der Waals surface area contributed by atoms with E-state index >= 15 is 0 Å². The molecule has 2 heterocycles. The van der Waals surface area contributed by atoms with Gasteiger partial charge in [-0.2, -0.15) is 10.5 Å². The topological polar surface area (TPSA) is 151 Å². The van der Waals surface area contributed by atoms with E-state index in [1.807, 2.05) is 60.7 Å². The Bertz CT molecular complexity index is 2060. The molecule has 0 aliphatic carbocycles. The number of fused-ring (bicyclic) bond motifs is 2. The summed E-state index contributed by atoms with van der Waals surface area (Å²) in [5.74, 6) is 1.43. The first-order valence-electron chi connectivity index (χ1n) is 18.2. The number of hydrogen-bond donors (Lipinski definition) is 2. The molecular weight excluding hydrogens is 734 g/mol. The first kappa shape index (κ1) is 46.2. The van der Waals surface area contributed by atoms with Gasteiger partial charge in [0.05, 0.1) is 34.2 Å². The van der Waals surface area contributed by atoms with E-state index < -0.39 is 0 Å². The Morgan fingerprint density at radius 3 is 1.05 bits per heavy atom. The van der Waals surface area contributed by atoms with Crippen LogP contribution in [0.3, 0.4) is 0 Å². The average molecular weight is 790 g/mol. The second-order valence-electron chi connectivity index (χ2n) is 17.5. The molecule has 6 aromatic rings. The molecule has 2 N–H and O–H groups in total. The van der Waals surface area contributed by atoms with Crippen LogP contribution < -0.4 is 10.2 Å². The van der Waals surface area contributed by atoms with Crippen LogP contribution >= 0.6 is 0 Å². The van der Waals surface area contributed by atoms with Crippen molar-refractivity contribution in [1.29, 1.82) is 10.5 Å². The normalized spacial score (nSPS) is 11.4. The maximum atomic E-state index is 13.1. The molecule has 284 valence electrons. The molecule has 2 aromatic heterocycles. The maximum absolute atomic E-state index is 13.1. The van der Waals surface area contributed by atoms with Crippen LogP contribution in [-0.2, 0) is 41.1 Å². The van der Waals surface area contributed by atoms with Crippen molar-refractivity contribution >= 4 is 22.1 Å². The molecule has 0 saturated heterocycles. The molecule has 0 saturated carbocycles. The summed E-state index contributed by atoms with van der Waals surface area (Å²) in [5, 5.41) is 40.9. The van der Waals surface area contributed by atoms with Crippen LogP contribution in [0.25, 0.3) is 44.8 Å². The zero-order chi connectivity index (χ0) is 40.8. The van der Waals surface area contributed by atoms with Gasteiger partial charge in [0, 0.05) is 25.0 Å². The smallest absolute Gasteiger partial charge is 0.872 e. The Morgan fingerprint density at radius 1 is 0.509 bits per heavy atom. The number of H-pyrrole nitrogens is 2. The standard InChI is InChI=1S/2C21H26N2O.2C2H3N.Zn/c2*1-20(2,3)13-11-14(18(24)15(12-13)21(4,5)6)19-22-16-9-7-8-10-17(16)23-19;2*1-2-3;/h2*7-12,24H,1-6H3,(H,22,23);2*1H3;/q;;;;+2/p-2. The number of nitriles is 2. The monoisotopic (exact) mass is 788 g/mol. The van der Waals surface area contributed by atoms with E-state index in [0.717, 1.165) is 44.3 Å². The van der Waals surface area contributed by atoms with Crippen LogP contribution in [0.4, 0.5) is 0 Å². The van der Waals surface area contributed by atoms with Crippen LogP contribution in [0.1, 0.15) is 119 Å². The SMILES string of the molecule is CC#N.CC#N.CC(C)(C)c1cc(-c2nc3ccccc3[nH]2)c([O-])c(C(C)(C)C)c1.CC(C)(C)c1cc(-c2nc3ccccc3[nH]2)c([O-])c(C(C)(C)C)c1.[Zn+2]. The fraction of sp³-hybridized carbons (Fsp3) is 0.391. The number of para-hydroxylation sites is 4. The Morgan fingerprint density at radius 2 is 0.800 bits per heavy atom. The van der Waals surface area contributed by atoms with Crippen molar-refractivity contribution in [3.05, 3.63) is 95.1 Å². The van der Waals surface area contributed by atoms with Gasteiger partial charge >= 0.3 is 19.5 Å². The summed E-state index contributed by atoms with van der Waals surface area (Å²) in [7, 11) is 0. The van der Waals surface area contributed by atoms with Gasteiger partial charge < -0.3 is 20.2 Å². The minimum absolute atomic E-state index is 0. The molecule has 55 heavy (non-hydrogen) atoms. The van der Waals surface area contributed by atoms with Crippen LogP contribution in [0.15, 0.2) is 72.8 Å². The van der Waals surface area contributed by atoms with E-state index in [9.17, 15) is 10.2 Å². The van der Waals surface area contributed by atoms with Crippen molar-refractivity contribution in [2.24, 2.45) is 0 Å². The minimum Gasteiger partial charge on any atom is -0.872 e. The number of aromatic nitrogens is 4. The summed E-state index contributed by atoms with van der Waals surface area (Å²) in [4.78, 5) is 15.9. The molecule has 0 atom stereocenters. The molecule has 0 unspecified atom stereocenters. The van der Waals surface area contributed by atoms with Gasteiger partial charge in [-0.15, -0.1) is 0 Å². The quantitative estimate of drug-likeness (QED) is 0.167. The molecule has 0 aliphatic rings. The molecular formula is C46H56N6O2Zn. The van der Waals surface area contributed by atoms with E-state index in [4.69, 9.17) is 10.5 Å². The second kappa shape index (κ2) is 18.1. The van der Waals surface area contributed by atoms with Crippen LogP contribution in [0.5, 0.6) is 11.5 Å². The van der Waals surface area contributed by atoms with Gasteiger partial charge in [0.25, 0.3) is 0 Å². The van der Waals surface area contributed by atoms with E-state index in [1.54, 1.807) is 12.1 Å². The Balaban J connectivity index is 0.000000327. The van der Waals surface area contributed by atoms with E-state index in [2.05, 4.69) is 115 Å². The maximum Gasteiger partial charge on any atom is 2.00 e. The molecule has 0 fully saturated rings. The largest absolute Gasteiger partial charge is 2.00 e. The molecule has 0 amide bonds. The molecule has 8 nitrogen and oxygen atoms in total. The first-order chi connectivity index (χ1) is 25.0. The van der Waals surface area contributed by atoms with Crippen LogP contribution in [0, 0.1) is 22.7 Å². The Labute approximate surface area is 340 Å².